The molecule has 0 fully saturated rings. The Morgan fingerprint density at radius 2 is 2.33 bits per heavy atom. The molecular formula is C11H11N3O4. The number of pyridine rings is 2. The molecule has 94 valence electrons. The molecule has 7 heteroatoms. The van der Waals surface area contributed by atoms with Gasteiger partial charge >= 0.3 is 11.5 Å². The van der Waals surface area contributed by atoms with Crippen LogP contribution in [0.4, 0.5) is 5.69 Å². The predicted octanol–water partition coefficient (Wildman–Crippen LogP) is 0.393. The van der Waals surface area contributed by atoms with Gasteiger partial charge in [-0.25, -0.2) is 9.78 Å². The highest BCUT2D eigenvalue weighted by molar-refractivity contribution is 6.03. The Morgan fingerprint density at radius 1 is 1.61 bits per heavy atom. The van der Waals surface area contributed by atoms with Crippen LogP contribution in [0.3, 0.4) is 0 Å². The molecule has 0 bridgehead atoms. The summed E-state index contributed by atoms with van der Waals surface area (Å²) in [5.41, 5.74) is 4.36. The first-order valence-electron chi connectivity index (χ1n) is 5.23. The van der Waals surface area contributed by atoms with Gasteiger partial charge in [-0.05, 0) is 19.1 Å². The van der Waals surface area contributed by atoms with Crippen molar-refractivity contribution in [2.75, 3.05) is 12.3 Å². The number of nitrogen functional groups attached to an aromatic ring is 1. The Balaban J connectivity index is 2.83. The number of nitrogens with zero attached hydrogens (tertiary/aromatic N) is 2. The lowest BCUT2D eigenvalue weighted by Crippen LogP contribution is -2.28. The maximum atomic E-state index is 11.8. The maximum absolute atomic E-state index is 11.8. The standard InChI is InChI=1S/C11H11N3O4/c1-2-18-11(16)7-8(12)6-4-3-5-13-9(6)14(17)10(7)15/h3-5,17H,2,12H2,1H3. The summed E-state index contributed by atoms with van der Waals surface area (Å²) in [7, 11) is 0. The fourth-order valence-corrected chi connectivity index (χ4v) is 1.63. The quantitative estimate of drug-likeness (QED) is 0.589. The first kappa shape index (κ1) is 11.9. The molecule has 3 N–H and O–H groups in total. The van der Waals surface area contributed by atoms with Crippen LogP contribution in [-0.2, 0) is 4.74 Å². The molecule has 0 aliphatic heterocycles. The summed E-state index contributed by atoms with van der Waals surface area (Å²) in [6, 6.07) is 3.13. The van der Waals surface area contributed by atoms with Crippen LogP contribution in [0.2, 0.25) is 0 Å². The minimum atomic E-state index is -0.947. The van der Waals surface area contributed by atoms with Crippen molar-refractivity contribution in [2.45, 2.75) is 6.92 Å². The number of fused-ring (bicyclic) bond motifs is 1. The van der Waals surface area contributed by atoms with Gasteiger partial charge in [0.1, 0.15) is 0 Å². The van der Waals surface area contributed by atoms with Gasteiger partial charge in [0.25, 0.3) is 0 Å². The molecule has 7 nitrogen and oxygen atoms in total. The highest BCUT2D eigenvalue weighted by Crippen LogP contribution is 2.20. The molecule has 0 aliphatic rings. The van der Waals surface area contributed by atoms with Crippen LogP contribution < -0.4 is 11.3 Å². The van der Waals surface area contributed by atoms with Gasteiger partial charge in [-0.3, -0.25) is 4.79 Å². The molecule has 0 unspecified atom stereocenters. The molecule has 0 atom stereocenters. The van der Waals surface area contributed by atoms with E-state index in [4.69, 9.17) is 10.5 Å². The second-order valence-electron chi connectivity index (χ2n) is 3.50. The van der Waals surface area contributed by atoms with E-state index in [-0.39, 0.29) is 28.2 Å². The third-order valence-electron chi connectivity index (χ3n) is 2.43. The molecule has 2 aromatic rings. The van der Waals surface area contributed by atoms with Gasteiger partial charge in [-0.1, -0.05) is 0 Å². The smallest absolute Gasteiger partial charge is 0.346 e. The van der Waals surface area contributed by atoms with Crippen molar-refractivity contribution >= 4 is 22.7 Å². The van der Waals surface area contributed by atoms with Crippen LogP contribution in [0.5, 0.6) is 0 Å². The highest BCUT2D eigenvalue weighted by Gasteiger charge is 2.22. The van der Waals surface area contributed by atoms with Gasteiger partial charge in [0, 0.05) is 11.6 Å². The van der Waals surface area contributed by atoms with E-state index in [1.165, 1.54) is 6.20 Å². The monoisotopic (exact) mass is 249 g/mol. The lowest BCUT2D eigenvalue weighted by atomic mass is 10.1. The zero-order chi connectivity index (χ0) is 13.3. The number of hydrogen-bond donors (Lipinski definition) is 2. The second kappa shape index (κ2) is 4.36. The topological polar surface area (TPSA) is 107 Å². The molecule has 0 saturated heterocycles. The molecule has 0 aliphatic carbocycles. The lowest BCUT2D eigenvalue weighted by Gasteiger charge is -2.09. The van der Waals surface area contributed by atoms with E-state index in [0.717, 1.165) is 0 Å². The predicted molar refractivity (Wildman–Crippen MR) is 63.6 cm³/mol. The third-order valence-corrected chi connectivity index (χ3v) is 2.43. The Morgan fingerprint density at radius 3 is 3.00 bits per heavy atom. The number of hydrogen-bond acceptors (Lipinski definition) is 6. The lowest BCUT2D eigenvalue weighted by molar-refractivity contribution is 0.0520. The molecule has 0 aromatic carbocycles. The Hall–Kier alpha value is -2.57. The average Bonchev–Trinajstić information content (AvgIpc) is 2.37. The molecule has 0 radical (unpaired) electrons. The van der Waals surface area contributed by atoms with Crippen molar-refractivity contribution in [1.29, 1.82) is 0 Å². The Kier molecular flexibility index (Phi) is 2.88. The Bertz CT molecular complexity index is 678. The van der Waals surface area contributed by atoms with Gasteiger partial charge in [0.2, 0.25) is 0 Å². The SMILES string of the molecule is CCOC(=O)c1c(N)c2cccnc2n(O)c1=O. The molecule has 0 saturated carbocycles. The van der Waals surface area contributed by atoms with E-state index in [9.17, 15) is 14.8 Å². The van der Waals surface area contributed by atoms with Gasteiger partial charge in [0.05, 0.1) is 12.3 Å². The number of carbonyl (C=O) groups excluding carboxylic acids is 1. The molecule has 0 amide bonds. The van der Waals surface area contributed by atoms with Crippen LogP contribution in [0, 0.1) is 0 Å². The van der Waals surface area contributed by atoms with Crippen LogP contribution in [-0.4, -0.2) is 27.5 Å². The number of ether oxygens (including phenoxy) is 1. The molecule has 2 heterocycles. The maximum Gasteiger partial charge on any atom is 0.346 e. The number of rotatable bonds is 2. The van der Waals surface area contributed by atoms with E-state index in [1.807, 2.05) is 0 Å². The highest BCUT2D eigenvalue weighted by atomic mass is 16.5. The van der Waals surface area contributed by atoms with E-state index < -0.39 is 11.5 Å². The summed E-state index contributed by atoms with van der Waals surface area (Å²) >= 11 is 0. The van der Waals surface area contributed by atoms with Crippen molar-refractivity contribution in [3.63, 3.8) is 0 Å². The Labute approximate surface area is 101 Å². The summed E-state index contributed by atoms with van der Waals surface area (Å²) in [6.45, 7) is 1.71. The first-order chi connectivity index (χ1) is 8.57. The van der Waals surface area contributed by atoms with Crippen molar-refractivity contribution in [3.05, 3.63) is 34.2 Å². The number of esters is 1. The normalized spacial score (nSPS) is 10.5. The van der Waals surface area contributed by atoms with E-state index in [1.54, 1.807) is 19.1 Å². The van der Waals surface area contributed by atoms with Crippen LogP contribution in [0.25, 0.3) is 11.0 Å². The zero-order valence-electron chi connectivity index (χ0n) is 9.58. The fourth-order valence-electron chi connectivity index (χ4n) is 1.63. The number of carbonyl (C=O) groups is 1. The second-order valence-corrected chi connectivity index (χ2v) is 3.50. The minimum absolute atomic E-state index is 0.00644. The molecular weight excluding hydrogens is 238 g/mol. The van der Waals surface area contributed by atoms with E-state index >= 15 is 0 Å². The summed E-state index contributed by atoms with van der Waals surface area (Å²) in [4.78, 5) is 27.3. The number of aromatic nitrogens is 2. The minimum Gasteiger partial charge on any atom is -0.462 e. The molecule has 2 rings (SSSR count). The summed E-state index contributed by atoms with van der Waals surface area (Å²) < 4.78 is 5.02. The van der Waals surface area contributed by atoms with Crippen LogP contribution in [0.1, 0.15) is 17.3 Å². The summed E-state index contributed by atoms with van der Waals surface area (Å²) in [5, 5.41) is 9.97. The van der Waals surface area contributed by atoms with Gasteiger partial charge in [-0.15, -0.1) is 4.73 Å². The van der Waals surface area contributed by atoms with Crippen LogP contribution >= 0.6 is 0 Å². The van der Waals surface area contributed by atoms with Crippen molar-refractivity contribution in [1.82, 2.24) is 9.71 Å². The molecule has 0 spiro atoms. The average molecular weight is 249 g/mol. The summed E-state index contributed by atoms with van der Waals surface area (Å²) in [5.74, 6) is -0.867. The third kappa shape index (κ3) is 1.65. The van der Waals surface area contributed by atoms with Gasteiger partial charge in [0.15, 0.2) is 11.2 Å². The molecule has 18 heavy (non-hydrogen) atoms. The van der Waals surface area contributed by atoms with E-state index in [2.05, 4.69) is 4.98 Å². The van der Waals surface area contributed by atoms with E-state index in [0.29, 0.717) is 5.39 Å². The summed E-state index contributed by atoms with van der Waals surface area (Å²) in [6.07, 6.45) is 1.40. The van der Waals surface area contributed by atoms with Crippen LogP contribution in [0.15, 0.2) is 23.1 Å². The fraction of sp³-hybridized carbons (Fsp3) is 0.182. The van der Waals surface area contributed by atoms with Crippen molar-refractivity contribution in [3.8, 4) is 0 Å². The number of anilines is 1. The molecule has 2 aromatic heterocycles. The first-order valence-corrected chi connectivity index (χ1v) is 5.23. The van der Waals surface area contributed by atoms with Gasteiger partial charge < -0.3 is 15.7 Å². The van der Waals surface area contributed by atoms with Crippen molar-refractivity contribution < 1.29 is 14.7 Å². The van der Waals surface area contributed by atoms with Crippen molar-refractivity contribution in [2.24, 2.45) is 0 Å². The van der Waals surface area contributed by atoms with Gasteiger partial charge in [-0.2, -0.15) is 0 Å². The number of nitrogens with two attached hydrogens (primary N) is 1. The largest absolute Gasteiger partial charge is 0.462 e. The zero-order valence-corrected chi connectivity index (χ0v) is 9.58.